The van der Waals surface area contributed by atoms with Gasteiger partial charge >= 0.3 is 0 Å². The van der Waals surface area contributed by atoms with Crippen LogP contribution in [0.2, 0.25) is 5.02 Å². The molecule has 1 N–H and O–H groups in total. The van der Waals surface area contributed by atoms with E-state index in [0.29, 0.717) is 18.2 Å². The average molecular weight is 527 g/mol. The van der Waals surface area contributed by atoms with E-state index in [1.165, 1.54) is 0 Å². The summed E-state index contributed by atoms with van der Waals surface area (Å²) in [7, 11) is 0. The molecule has 0 radical (unpaired) electrons. The predicted molar refractivity (Wildman–Crippen MR) is 133 cm³/mol. The molecule has 33 heavy (non-hydrogen) atoms. The smallest absolute Gasteiger partial charge is 0.245 e. The number of hydrogen-bond donors (Lipinski definition) is 1. The summed E-state index contributed by atoms with van der Waals surface area (Å²) in [6.45, 7) is 0.788. The van der Waals surface area contributed by atoms with E-state index in [2.05, 4.69) is 26.5 Å². The van der Waals surface area contributed by atoms with Crippen molar-refractivity contribution in [3.05, 3.63) is 93.4 Å². The Hall–Kier alpha value is -3.16. The SMILES string of the molecule is O=C(N/N=C\c1ccc(OCc2ccc(Br)cc2)cc1)[C@@H]1CC(=O)N(c2ccc(Cl)cc2)C1. The van der Waals surface area contributed by atoms with Gasteiger partial charge in [-0.3, -0.25) is 9.59 Å². The van der Waals surface area contributed by atoms with Gasteiger partial charge in [0, 0.05) is 28.1 Å². The molecular weight excluding hydrogens is 506 g/mol. The van der Waals surface area contributed by atoms with Gasteiger partial charge in [-0.15, -0.1) is 0 Å². The minimum absolute atomic E-state index is 0.0971. The number of nitrogens with zero attached hydrogens (tertiary/aromatic N) is 2. The van der Waals surface area contributed by atoms with E-state index in [1.54, 1.807) is 35.4 Å². The molecule has 3 aromatic rings. The number of nitrogens with one attached hydrogen (secondary N) is 1. The molecule has 2 amide bonds. The fourth-order valence-corrected chi connectivity index (χ4v) is 3.80. The fourth-order valence-electron chi connectivity index (χ4n) is 3.41. The van der Waals surface area contributed by atoms with Crippen molar-refractivity contribution in [3.63, 3.8) is 0 Å². The molecule has 1 saturated heterocycles. The maximum atomic E-state index is 12.5. The monoisotopic (exact) mass is 525 g/mol. The van der Waals surface area contributed by atoms with Gasteiger partial charge in [-0.2, -0.15) is 5.10 Å². The molecule has 1 aliphatic rings. The van der Waals surface area contributed by atoms with Crippen molar-refractivity contribution in [1.82, 2.24) is 5.43 Å². The Balaban J connectivity index is 1.26. The van der Waals surface area contributed by atoms with Crippen LogP contribution in [-0.4, -0.2) is 24.6 Å². The molecule has 168 valence electrons. The van der Waals surface area contributed by atoms with Gasteiger partial charge in [0.25, 0.3) is 0 Å². The normalized spacial score (nSPS) is 15.8. The Labute approximate surface area is 205 Å². The number of halogens is 2. The number of rotatable bonds is 7. The van der Waals surface area contributed by atoms with Crippen LogP contribution in [0.5, 0.6) is 5.75 Å². The van der Waals surface area contributed by atoms with Crippen LogP contribution < -0.4 is 15.1 Å². The van der Waals surface area contributed by atoms with Crippen LogP contribution in [0, 0.1) is 5.92 Å². The number of hydrazone groups is 1. The first-order valence-electron chi connectivity index (χ1n) is 10.3. The van der Waals surface area contributed by atoms with Crippen LogP contribution in [0.15, 0.2) is 82.4 Å². The molecule has 6 nitrogen and oxygen atoms in total. The van der Waals surface area contributed by atoms with Gasteiger partial charge in [-0.1, -0.05) is 39.7 Å². The Bertz CT molecular complexity index is 1150. The first-order chi connectivity index (χ1) is 16.0. The van der Waals surface area contributed by atoms with Gasteiger partial charge in [0.15, 0.2) is 0 Å². The number of amides is 2. The Morgan fingerprint density at radius 3 is 2.48 bits per heavy atom. The number of carbonyl (C=O) groups excluding carboxylic acids is 2. The maximum Gasteiger partial charge on any atom is 0.245 e. The predicted octanol–water partition coefficient (Wildman–Crippen LogP) is 5.18. The highest BCUT2D eigenvalue weighted by molar-refractivity contribution is 9.10. The van der Waals surface area contributed by atoms with E-state index in [9.17, 15) is 9.59 Å². The number of carbonyl (C=O) groups is 2. The molecule has 8 heteroatoms. The fraction of sp³-hybridized carbons (Fsp3) is 0.160. The molecule has 1 fully saturated rings. The van der Waals surface area contributed by atoms with Gasteiger partial charge in [0.2, 0.25) is 11.8 Å². The summed E-state index contributed by atoms with van der Waals surface area (Å²) in [6, 6.07) is 22.3. The van der Waals surface area contributed by atoms with Crippen LogP contribution in [-0.2, 0) is 16.2 Å². The van der Waals surface area contributed by atoms with E-state index in [1.807, 2.05) is 48.5 Å². The number of hydrogen-bond acceptors (Lipinski definition) is 4. The average Bonchev–Trinajstić information content (AvgIpc) is 3.22. The minimum atomic E-state index is -0.459. The van der Waals surface area contributed by atoms with E-state index in [-0.39, 0.29) is 18.2 Å². The molecule has 0 saturated carbocycles. The zero-order chi connectivity index (χ0) is 23.2. The molecule has 0 aromatic heterocycles. The third-order valence-electron chi connectivity index (χ3n) is 5.22. The van der Waals surface area contributed by atoms with E-state index >= 15 is 0 Å². The minimum Gasteiger partial charge on any atom is -0.489 e. The molecule has 3 aromatic carbocycles. The van der Waals surface area contributed by atoms with E-state index < -0.39 is 5.92 Å². The quantitative estimate of drug-likeness (QED) is 0.340. The highest BCUT2D eigenvalue weighted by Gasteiger charge is 2.35. The van der Waals surface area contributed by atoms with E-state index in [0.717, 1.165) is 27.0 Å². The van der Waals surface area contributed by atoms with E-state index in [4.69, 9.17) is 16.3 Å². The van der Waals surface area contributed by atoms with Crippen molar-refractivity contribution in [2.75, 3.05) is 11.4 Å². The zero-order valence-electron chi connectivity index (χ0n) is 17.6. The van der Waals surface area contributed by atoms with Crippen molar-refractivity contribution in [2.24, 2.45) is 11.0 Å². The second kappa shape index (κ2) is 10.6. The molecule has 1 heterocycles. The molecule has 4 rings (SSSR count). The van der Waals surface area contributed by atoms with Crippen LogP contribution in [0.3, 0.4) is 0 Å². The summed E-state index contributed by atoms with van der Waals surface area (Å²) in [6.07, 6.45) is 1.71. The van der Waals surface area contributed by atoms with Crippen molar-refractivity contribution in [3.8, 4) is 5.75 Å². The van der Waals surface area contributed by atoms with Gasteiger partial charge in [0.1, 0.15) is 12.4 Å². The topological polar surface area (TPSA) is 71.0 Å². The molecule has 0 unspecified atom stereocenters. The first-order valence-corrected chi connectivity index (χ1v) is 11.5. The van der Waals surface area contributed by atoms with Crippen LogP contribution in [0.4, 0.5) is 5.69 Å². The number of anilines is 1. The summed E-state index contributed by atoms with van der Waals surface area (Å²) in [5.41, 5.74) is 5.16. The van der Waals surface area contributed by atoms with Crippen molar-refractivity contribution in [1.29, 1.82) is 0 Å². The lowest BCUT2D eigenvalue weighted by molar-refractivity contribution is -0.126. The molecule has 0 spiro atoms. The lowest BCUT2D eigenvalue weighted by Gasteiger charge is -2.16. The summed E-state index contributed by atoms with van der Waals surface area (Å²) < 4.78 is 6.81. The third-order valence-corrected chi connectivity index (χ3v) is 6.00. The van der Waals surface area contributed by atoms with Crippen LogP contribution in [0.1, 0.15) is 17.5 Å². The Morgan fingerprint density at radius 2 is 1.79 bits per heavy atom. The molecule has 0 aliphatic carbocycles. The van der Waals surface area contributed by atoms with Gasteiger partial charge < -0.3 is 9.64 Å². The first kappa shape index (κ1) is 23.0. The molecule has 0 bridgehead atoms. The largest absolute Gasteiger partial charge is 0.489 e. The van der Waals surface area contributed by atoms with Crippen LogP contribution >= 0.6 is 27.5 Å². The molecule has 1 atom stereocenters. The summed E-state index contributed by atoms with van der Waals surface area (Å²) in [4.78, 5) is 26.4. The van der Waals surface area contributed by atoms with Gasteiger partial charge in [-0.25, -0.2) is 5.43 Å². The zero-order valence-corrected chi connectivity index (χ0v) is 19.9. The molecule has 1 aliphatic heterocycles. The van der Waals surface area contributed by atoms with Gasteiger partial charge in [-0.05, 0) is 71.8 Å². The lowest BCUT2D eigenvalue weighted by Crippen LogP contribution is -2.30. The third kappa shape index (κ3) is 6.21. The Kier molecular flexibility index (Phi) is 7.42. The molecular formula is C25H21BrClN3O3. The van der Waals surface area contributed by atoms with Crippen molar-refractivity contribution >= 4 is 51.2 Å². The maximum absolute atomic E-state index is 12.5. The van der Waals surface area contributed by atoms with Crippen molar-refractivity contribution in [2.45, 2.75) is 13.0 Å². The summed E-state index contributed by atoms with van der Waals surface area (Å²) >= 11 is 9.32. The summed E-state index contributed by atoms with van der Waals surface area (Å²) in [5.74, 6) is -0.101. The van der Waals surface area contributed by atoms with Crippen LogP contribution in [0.25, 0.3) is 0 Å². The number of ether oxygens (including phenoxy) is 1. The second-order valence-corrected chi connectivity index (χ2v) is 8.95. The number of benzene rings is 3. The Morgan fingerprint density at radius 1 is 1.09 bits per heavy atom. The second-order valence-electron chi connectivity index (χ2n) is 7.60. The summed E-state index contributed by atoms with van der Waals surface area (Å²) in [5, 5.41) is 4.63. The highest BCUT2D eigenvalue weighted by Crippen LogP contribution is 2.26. The van der Waals surface area contributed by atoms with Gasteiger partial charge in [0.05, 0.1) is 12.1 Å². The standard InChI is InChI=1S/C25H21BrClN3O3/c26-20-5-1-18(2-6-20)16-33-23-11-3-17(4-12-23)14-28-29-25(32)19-13-24(31)30(15-19)22-9-7-21(27)8-10-22/h1-12,14,19H,13,15-16H2,(H,29,32)/b28-14-/t19-/m1/s1. The lowest BCUT2D eigenvalue weighted by atomic mass is 10.1. The van der Waals surface area contributed by atoms with Crippen molar-refractivity contribution < 1.29 is 14.3 Å². The highest BCUT2D eigenvalue weighted by atomic mass is 79.9.